The Morgan fingerprint density at radius 1 is 1.23 bits per heavy atom. The van der Waals surface area contributed by atoms with Crippen molar-refractivity contribution in [3.8, 4) is 0 Å². The summed E-state index contributed by atoms with van der Waals surface area (Å²) in [6.07, 6.45) is -3.44. The molecule has 0 radical (unpaired) electrons. The predicted octanol–water partition coefficient (Wildman–Crippen LogP) is 3.66. The molecule has 116 valence electrons. The van der Waals surface area contributed by atoms with E-state index in [-0.39, 0.29) is 5.56 Å². The Bertz CT molecular complexity index is 680. The predicted molar refractivity (Wildman–Crippen MR) is 73.6 cm³/mol. The number of hydroxylamine groups is 1. The van der Waals surface area contributed by atoms with Crippen LogP contribution >= 0.6 is 11.6 Å². The maximum absolute atomic E-state index is 11.9. The molecule has 2 rings (SSSR count). The normalized spacial score (nSPS) is 11.1. The van der Waals surface area contributed by atoms with Crippen LogP contribution in [-0.4, -0.2) is 17.3 Å². The SMILES string of the molecule is O=C(NOC(F)(F)F)c1cccc(Nc2ncccc2Cl)c1. The molecule has 2 aromatic rings. The lowest BCUT2D eigenvalue weighted by molar-refractivity contribution is -0.343. The van der Waals surface area contributed by atoms with Gasteiger partial charge < -0.3 is 5.32 Å². The molecule has 9 heteroatoms. The molecule has 0 aliphatic heterocycles. The van der Waals surface area contributed by atoms with Gasteiger partial charge in [-0.05, 0) is 30.3 Å². The van der Waals surface area contributed by atoms with E-state index in [2.05, 4.69) is 15.1 Å². The molecule has 1 amide bonds. The van der Waals surface area contributed by atoms with Gasteiger partial charge >= 0.3 is 6.36 Å². The van der Waals surface area contributed by atoms with E-state index in [1.807, 2.05) is 0 Å². The average Bonchev–Trinajstić information content (AvgIpc) is 2.47. The number of carbonyl (C=O) groups excluding carboxylic acids is 1. The fourth-order valence-electron chi connectivity index (χ4n) is 1.52. The van der Waals surface area contributed by atoms with Crippen molar-refractivity contribution in [2.24, 2.45) is 0 Å². The summed E-state index contributed by atoms with van der Waals surface area (Å²) in [4.78, 5) is 18.8. The number of hydrogen-bond donors (Lipinski definition) is 2. The Hall–Kier alpha value is -2.32. The highest BCUT2D eigenvalue weighted by atomic mass is 35.5. The van der Waals surface area contributed by atoms with Gasteiger partial charge in [0.1, 0.15) is 5.82 Å². The van der Waals surface area contributed by atoms with Gasteiger partial charge in [0.05, 0.1) is 5.02 Å². The molecule has 1 heterocycles. The molecule has 0 saturated carbocycles. The minimum absolute atomic E-state index is 0.0266. The largest absolute Gasteiger partial charge is 0.543 e. The smallest absolute Gasteiger partial charge is 0.339 e. The standard InChI is InChI=1S/C13H9ClF3N3O2/c14-10-5-2-6-18-11(10)19-9-4-1-3-8(7-9)12(21)20-22-13(15,16)17/h1-7H,(H,18,19)(H,20,21). The van der Waals surface area contributed by atoms with Crippen molar-refractivity contribution in [3.63, 3.8) is 0 Å². The summed E-state index contributed by atoms with van der Waals surface area (Å²) in [5.74, 6) is -0.679. The van der Waals surface area contributed by atoms with E-state index in [0.29, 0.717) is 16.5 Å². The third-order valence-corrected chi connectivity index (χ3v) is 2.71. The van der Waals surface area contributed by atoms with Crippen LogP contribution in [0.3, 0.4) is 0 Å². The van der Waals surface area contributed by atoms with Crippen LogP contribution in [0.15, 0.2) is 42.6 Å². The van der Waals surface area contributed by atoms with Crippen LogP contribution in [0.5, 0.6) is 0 Å². The number of nitrogens with one attached hydrogen (secondary N) is 2. The summed E-state index contributed by atoms with van der Waals surface area (Å²) >= 11 is 5.93. The number of rotatable bonds is 4. The Kier molecular flexibility index (Phi) is 4.84. The molecule has 0 saturated heterocycles. The van der Waals surface area contributed by atoms with Gasteiger partial charge in [0.25, 0.3) is 5.91 Å². The highest BCUT2D eigenvalue weighted by molar-refractivity contribution is 6.33. The number of anilines is 2. The lowest BCUT2D eigenvalue weighted by Gasteiger charge is -2.10. The zero-order valence-corrected chi connectivity index (χ0v) is 11.6. The van der Waals surface area contributed by atoms with Crippen LogP contribution in [0.4, 0.5) is 24.7 Å². The summed E-state index contributed by atoms with van der Waals surface area (Å²) in [7, 11) is 0. The fraction of sp³-hybridized carbons (Fsp3) is 0.0769. The molecule has 0 atom stereocenters. The van der Waals surface area contributed by atoms with Crippen molar-refractivity contribution in [2.75, 3.05) is 5.32 Å². The van der Waals surface area contributed by atoms with Crippen molar-refractivity contribution in [1.29, 1.82) is 0 Å². The number of nitrogens with zero attached hydrogens (tertiary/aromatic N) is 1. The molecule has 1 aromatic carbocycles. The first-order valence-electron chi connectivity index (χ1n) is 5.88. The van der Waals surface area contributed by atoms with Gasteiger partial charge in [0.2, 0.25) is 0 Å². The van der Waals surface area contributed by atoms with Crippen molar-refractivity contribution in [3.05, 3.63) is 53.2 Å². The number of alkyl halides is 3. The van der Waals surface area contributed by atoms with Crippen LogP contribution in [0.25, 0.3) is 0 Å². The molecule has 22 heavy (non-hydrogen) atoms. The number of pyridine rings is 1. The Labute approximate surface area is 128 Å². The van der Waals surface area contributed by atoms with Gasteiger partial charge in [-0.15, -0.1) is 13.2 Å². The lowest BCUT2D eigenvalue weighted by atomic mass is 10.2. The minimum atomic E-state index is -4.95. The average molecular weight is 332 g/mol. The van der Waals surface area contributed by atoms with Gasteiger partial charge in [0, 0.05) is 17.4 Å². The lowest BCUT2D eigenvalue weighted by Crippen LogP contribution is -2.31. The molecule has 0 fully saturated rings. The molecule has 0 bridgehead atoms. The highest BCUT2D eigenvalue weighted by Crippen LogP contribution is 2.23. The van der Waals surface area contributed by atoms with Crippen molar-refractivity contribution >= 4 is 29.0 Å². The van der Waals surface area contributed by atoms with E-state index in [0.717, 1.165) is 0 Å². The van der Waals surface area contributed by atoms with Crippen molar-refractivity contribution < 1.29 is 22.8 Å². The summed E-state index contributed by atoms with van der Waals surface area (Å²) in [6.45, 7) is 0. The van der Waals surface area contributed by atoms with Gasteiger partial charge in [-0.3, -0.25) is 4.79 Å². The highest BCUT2D eigenvalue weighted by Gasteiger charge is 2.31. The summed E-state index contributed by atoms with van der Waals surface area (Å²) in [5.41, 5.74) is 1.71. The third-order valence-electron chi connectivity index (χ3n) is 2.41. The van der Waals surface area contributed by atoms with Crippen LogP contribution in [0.1, 0.15) is 10.4 Å². The first-order chi connectivity index (χ1) is 10.3. The minimum Gasteiger partial charge on any atom is -0.339 e. The number of carbonyl (C=O) groups is 1. The molecule has 2 N–H and O–H groups in total. The summed E-state index contributed by atoms with van der Waals surface area (Å²) < 4.78 is 35.6. The Balaban J connectivity index is 2.10. The van der Waals surface area contributed by atoms with Crippen molar-refractivity contribution in [2.45, 2.75) is 6.36 Å². The van der Waals surface area contributed by atoms with E-state index in [1.54, 1.807) is 18.2 Å². The van der Waals surface area contributed by atoms with Crippen LogP contribution in [0.2, 0.25) is 5.02 Å². The Morgan fingerprint density at radius 2 is 2.00 bits per heavy atom. The van der Waals surface area contributed by atoms with E-state index in [4.69, 9.17) is 11.6 Å². The first kappa shape index (κ1) is 16.1. The van der Waals surface area contributed by atoms with Crippen molar-refractivity contribution in [1.82, 2.24) is 10.5 Å². The zero-order chi connectivity index (χ0) is 16.2. The number of amides is 1. The molecule has 1 aromatic heterocycles. The van der Waals surface area contributed by atoms with E-state index in [1.165, 1.54) is 29.9 Å². The molecule has 0 aliphatic carbocycles. The summed E-state index contributed by atoms with van der Waals surface area (Å²) in [6, 6.07) is 9.02. The number of aromatic nitrogens is 1. The second-order valence-electron chi connectivity index (χ2n) is 4.02. The zero-order valence-electron chi connectivity index (χ0n) is 10.8. The second-order valence-corrected chi connectivity index (χ2v) is 4.43. The molecule has 0 aliphatic rings. The Morgan fingerprint density at radius 3 is 2.68 bits per heavy atom. The fourth-order valence-corrected chi connectivity index (χ4v) is 1.68. The molecule has 5 nitrogen and oxygen atoms in total. The maximum Gasteiger partial charge on any atom is 0.543 e. The van der Waals surface area contributed by atoms with E-state index < -0.39 is 12.3 Å². The molecule has 0 spiro atoms. The number of benzene rings is 1. The topological polar surface area (TPSA) is 63.2 Å². The van der Waals surface area contributed by atoms with E-state index in [9.17, 15) is 18.0 Å². The molecular formula is C13H9ClF3N3O2. The number of halogens is 4. The number of hydrogen-bond acceptors (Lipinski definition) is 4. The third kappa shape index (κ3) is 4.61. The summed E-state index contributed by atoms with van der Waals surface area (Å²) in [5, 5.41) is 3.21. The quantitative estimate of drug-likeness (QED) is 0.839. The van der Waals surface area contributed by atoms with Gasteiger partial charge in [-0.2, -0.15) is 4.84 Å². The van der Waals surface area contributed by atoms with Gasteiger partial charge in [0.15, 0.2) is 0 Å². The molecular weight excluding hydrogens is 323 g/mol. The van der Waals surface area contributed by atoms with Gasteiger partial charge in [-0.1, -0.05) is 17.7 Å². The van der Waals surface area contributed by atoms with Crippen LogP contribution < -0.4 is 10.8 Å². The molecule has 0 unspecified atom stereocenters. The maximum atomic E-state index is 11.9. The first-order valence-corrected chi connectivity index (χ1v) is 6.25. The van der Waals surface area contributed by atoms with Gasteiger partial charge in [-0.25, -0.2) is 10.5 Å². The van der Waals surface area contributed by atoms with Crippen LogP contribution in [-0.2, 0) is 4.84 Å². The monoisotopic (exact) mass is 331 g/mol. The van der Waals surface area contributed by atoms with Crippen LogP contribution in [0, 0.1) is 0 Å². The van der Waals surface area contributed by atoms with E-state index >= 15 is 0 Å². The second kappa shape index (κ2) is 6.63.